The van der Waals surface area contributed by atoms with E-state index >= 15 is 0 Å². The van der Waals surface area contributed by atoms with Gasteiger partial charge in [0.25, 0.3) is 5.91 Å². The third kappa shape index (κ3) is 2.28. The van der Waals surface area contributed by atoms with E-state index in [0.717, 1.165) is 10.0 Å². The van der Waals surface area contributed by atoms with Crippen LogP contribution in [0.2, 0.25) is 0 Å². The van der Waals surface area contributed by atoms with Crippen LogP contribution in [0.3, 0.4) is 0 Å². The lowest BCUT2D eigenvalue weighted by atomic mass is 10.2. The van der Waals surface area contributed by atoms with Gasteiger partial charge in [-0.1, -0.05) is 0 Å². The third-order valence-corrected chi connectivity index (χ3v) is 2.09. The molecule has 1 aromatic heterocycles. The summed E-state index contributed by atoms with van der Waals surface area (Å²) in [6.45, 7) is 1.87. The zero-order valence-corrected chi connectivity index (χ0v) is 9.42. The van der Waals surface area contributed by atoms with E-state index in [9.17, 15) is 4.79 Å². The molecule has 1 heterocycles. The average molecular weight is 243 g/mol. The van der Waals surface area contributed by atoms with Gasteiger partial charge in [-0.3, -0.25) is 4.79 Å². The summed E-state index contributed by atoms with van der Waals surface area (Å²) >= 11 is 3.30. The van der Waals surface area contributed by atoms with Crippen molar-refractivity contribution < 1.29 is 4.79 Å². The Labute approximate surface area is 85.9 Å². The van der Waals surface area contributed by atoms with Crippen molar-refractivity contribution in [1.29, 1.82) is 0 Å². The van der Waals surface area contributed by atoms with E-state index in [1.807, 2.05) is 13.0 Å². The zero-order valence-electron chi connectivity index (χ0n) is 7.84. The van der Waals surface area contributed by atoms with Crippen molar-refractivity contribution >= 4 is 21.8 Å². The van der Waals surface area contributed by atoms with E-state index in [0.29, 0.717) is 5.69 Å². The van der Waals surface area contributed by atoms with Crippen LogP contribution in [-0.4, -0.2) is 29.9 Å². The van der Waals surface area contributed by atoms with Gasteiger partial charge in [0.05, 0.1) is 0 Å². The van der Waals surface area contributed by atoms with E-state index in [2.05, 4.69) is 20.9 Å². The molecule has 0 aliphatic rings. The summed E-state index contributed by atoms with van der Waals surface area (Å²) in [6.07, 6.45) is 1.63. The van der Waals surface area contributed by atoms with Crippen molar-refractivity contribution in [3.63, 3.8) is 0 Å². The molecule has 0 bridgehead atoms. The molecule has 1 rings (SSSR count). The lowest BCUT2D eigenvalue weighted by Gasteiger charge is -2.11. The minimum absolute atomic E-state index is 0.0648. The number of carbonyl (C=O) groups excluding carboxylic acids is 1. The van der Waals surface area contributed by atoms with Gasteiger partial charge in [0.2, 0.25) is 0 Å². The molecule has 13 heavy (non-hydrogen) atoms. The molecule has 0 aliphatic carbocycles. The van der Waals surface area contributed by atoms with Gasteiger partial charge in [0.1, 0.15) is 5.69 Å². The normalized spacial score (nSPS) is 9.85. The van der Waals surface area contributed by atoms with Crippen molar-refractivity contribution in [3.05, 3.63) is 28.0 Å². The number of aromatic nitrogens is 1. The predicted molar refractivity (Wildman–Crippen MR) is 54.7 cm³/mol. The standard InChI is InChI=1S/C9H11BrN2O/c1-6-4-7(10)5-11-8(6)9(13)12(2)3/h4-5H,1-3H3. The highest BCUT2D eigenvalue weighted by Crippen LogP contribution is 2.13. The fourth-order valence-electron chi connectivity index (χ4n) is 0.976. The molecule has 0 atom stereocenters. The van der Waals surface area contributed by atoms with Gasteiger partial charge >= 0.3 is 0 Å². The predicted octanol–water partition coefficient (Wildman–Crippen LogP) is 1.85. The second-order valence-electron chi connectivity index (χ2n) is 3.02. The number of hydrogen-bond acceptors (Lipinski definition) is 2. The molecule has 0 spiro atoms. The highest BCUT2D eigenvalue weighted by molar-refractivity contribution is 9.10. The number of carbonyl (C=O) groups is 1. The molecule has 0 aliphatic heterocycles. The molecule has 0 fully saturated rings. The van der Waals surface area contributed by atoms with Crippen LogP contribution >= 0.6 is 15.9 Å². The zero-order chi connectivity index (χ0) is 10.0. The first-order chi connectivity index (χ1) is 6.02. The summed E-state index contributed by atoms with van der Waals surface area (Å²) in [5.74, 6) is -0.0648. The lowest BCUT2D eigenvalue weighted by Crippen LogP contribution is -2.23. The molecule has 70 valence electrons. The first kappa shape index (κ1) is 10.2. The molecule has 0 saturated heterocycles. The van der Waals surface area contributed by atoms with Crippen LogP contribution in [-0.2, 0) is 0 Å². The van der Waals surface area contributed by atoms with E-state index in [-0.39, 0.29) is 5.91 Å². The van der Waals surface area contributed by atoms with Crippen molar-refractivity contribution in [1.82, 2.24) is 9.88 Å². The molecular weight excluding hydrogens is 232 g/mol. The maximum Gasteiger partial charge on any atom is 0.272 e. The second kappa shape index (κ2) is 3.87. The third-order valence-electron chi connectivity index (χ3n) is 1.65. The first-order valence-electron chi connectivity index (χ1n) is 3.86. The summed E-state index contributed by atoms with van der Waals surface area (Å²) in [7, 11) is 3.43. The first-order valence-corrected chi connectivity index (χ1v) is 4.65. The fourth-order valence-corrected chi connectivity index (χ4v) is 1.42. The van der Waals surface area contributed by atoms with Crippen molar-refractivity contribution in [2.75, 3.05) is 14.1 Å². The molecule has 1 amide bonds. The molecule has 0 aromatic carbocycles. The Balaban J connectivity index is 3.09. The van der Waals surface area contributed by atoms with Crippen LogP contribution in [0, 0.1) is 6.92 Å². The smallest absolute Gasteiger partial charge is 0.272 e. The molecule has 0 saturated carbocycles. The Bertz CT molecular complexity index is 336. The maximum atomic E-state index is 11.5. The molecule has 4 heteroatoms. The van der Waals surface area contributed by atoms with Gasteiger partial charge in [-0.2, -0.15) is 0 Å². The summed E-state index contributed by atoms with van der Waals surface area (Å²) in [4.78, 5) is 17.1. The molecule has 1 aromatic rings. The van der Waals surface area contributed by atoms with Crippen LogP contribution in [0.25, 0.3) is 0 Å². The quantitative estimate of drug-likeness (QED) is 0.754. The fraction of sp³-hybridized carbons (Fsp3) is 0.333. The van der Waals surface area contributed by atoms with E-state index in [1.54, 1.807) is 20.3 Å². The Morgan fingerprint density at radius 1 is 1.54 bits per heavy atom. The number of pyridine rings is 1. The van der Waals surface area contributed by atoms with Gasteiger partial charge in [0.15, 0.2) is 0 Å². The number of aryl methyl sites for hydroxylation is 1. The summed E-state index contributed by atoms with van der Waals surface area (Å²) in [5, 5.41) is 0. The monoisotopic (exact) mass is 242 g/mol. The van der Waals surface area contributed by atoms with E-state index in [1.165, 1.54) is 4.90 Å². The van der Waals surface area contributed by atoms with Gasteiger partial charge in [-0.05, 0) is 34.5 Å². The average Bonchev–Trinajstić information content (AvgIpc) is 2.03. The van der Waals surface area contributed by atoms with E-state index in [4.69, 9.17) is 0 Å². The highest BCUT2D eigenvalue weighted by Gasteiger charge is 2.12. The number of rotatable bonds is 1. The van der Waals surface area contributed by atoms with E-state index < -0.39 is 0 Å². The van der Waals surface area contributed by atoms with Gasteiger partial charge in [-0.25, -0.2) is 4.98 Å². The molecule has 0 N–H and O–H groups in total. The summed E-state index contributed by atoms with van der Waals surface area (Å²) in [6, 6.07) is 1.88. The minimum atomic E-state index is -0.0648. The Morgan fingerprint density at radius 2 is 2.15 bits per heavy atom. The number of hydrogen-bond donors (Lipinski definition) is 0. The van der Waals surface area contributed by atoms with Crippen LogP contribution in [0.4, 0.5) is 0 Å². The Hall–Kier alpha value is -0.900. The molecule has 0 unspecified atom stereocenters. The number of nitrogens with zero attached hydrogens (tertiary/aromatic N) is 2. The number of halogens is 1. The highest BCUT2D eigenvalue weighted by atomic mass is 79.9. The van der Waals surface area contributed by atoms with Crippen LogP contribution in [0.15, 0.2) is 16.7 Å². The number of amides is 1. The lowest BCUT2D eigenvalue weighted by molar-refractivity contribution is 0.0821. The SMILES string of the molecule is Cc1cc(Br)cnc1C(=O)N(C)C. The Kier molecular flexibility index (Phi) is 3.03. The minimum Gasteiger partial charge on any atom is -0.343 e. The summed E-state index contributed by atoms with van der Waals surface area (Å²) < 4.78 is 0.889. The van der Waals surface area contributed by atoms with Gasteiger partial charge < -0.3 is 4.90 Å². The van der Waals surface area contributed by atoms with Crippen LogP contribution in [0.1, 0.15) is 16.1 Å². The molecule has 0 radical (unpaired) electrons. The summed E-state index contributed by atoms with van der Waals surface area (Å²) in [5.41, 5.74) is 1.39. The van der Waals surface area contributed by atoms with Crippen LogP contribution in [0.5, 0.6) is 0 Å². The van der Waals surface area contributed by atoms with Gasteiger partial charge in [-0.15, -0.1) is 0 Å². The molecule has 3 nitrogen and oxygen atoms in total. The van der Waals surface area contributed by atoms with Crippen molar-refractivity contribution in [2.45, 2.75) is 6.92 Å². The molecular formula is C9H11BrN2O. The van der Waals surface area contributed by atoms with Crippen LogP contribution < -0.4 is 0 Å². The topological polar surface area (TPSA) is 33.2 Å². The van der Waals surface area contributed by atoms with Crippen molar-refractivity contribution in [2.24, 2.45) is 0 Å². The second-order valence-corrected chi connectivity index (χ2v) is 3.93. The van der Waals surface area contributed by atoms with Gasteiger partial charge in [0, 0.05) is 24.8 Å². The Morgan fingerprint density at radius 3 is 2.62 bits per heavy atom. The van der Waals surface area contributed by atoms with Crippen molar-refractivity contribution in [3.8, 4) is 0 Å². The largest absolute Gasteiger partial charge is 0.343 e. The maximum absolute atomic E-state index is 11.5.